The Bertz CT molecular complexity index is 639. The molecule has 0 saturated carbocycles. The van der Waals surface area contributed by atoms with Crippen molar-refractivity contribution in [3.05, 3.63) is 36.4 Å². The summed E-state index contributed by atoms with van der Waals surface area (Å²) in [5.74, 6) is 1.65. The van der Waals surface area contributed by atoms with Gasteiger partial charge in [0.25, 0.3) is 0 Å². The second-order valence-electron chi connectivity index (χ2n) is 4.81. The van der Waals surface area contributed by atoms with E-state index >= 15 is 0 Å². The maximum Gasteiger partial charge on any atom is 0.213 e. The van der Waals surface area contributed by atoms with Crippen LogP contribution in [0.1, 0.15) is 11.9 Å². The van der Waals surface area contributed by atoms with Crippen molar-refractivity contribution < 1.29 is 9.47 Å². The first-order valence-electron chi connectivity index (χ1n) is 6.78. The van der Waals surface area contributed by atoms with Crippen molar-refractivity contribution >= 4 is 34.1 Å². The quantitative estimate of drug-likeness (QED) is 0.467. The maximum atomic E-state index is 5.85. The van der Waals surface area contributed by atoms with Gasteiger partial charge in [-0.1, -0.05) is 22.6 Å². The van der Waals surface area contributed by atoms with Crippen molar-refractivity contribution in [1.29, 1.82) is 0 Å². The first kappa shape index (κ1) is 15.2. The van der Waals surface area contributed by atoms with Crippen LogP contribution in [0.25, 0.3) is 0 Å². The van der Waals surface area contributed by atoms with Crippen molar-refractivity contribution in [1.82, 2.24) is 15.0 Å². The molecule has 22 heavy (non-hydrogen) atoms. The molecule has 0 aromatic carbocycles. The number of nitrogens with zero attached hydrogens (tertiary/aromatic N) is 4. The van der Waals surface area contributed by atoms with Crippen LogP contribution in [0.2, 0.25) is 0 Å². The minimum Gasteiger partial charge on any atom is -0.481 e. The summed E-state index contributed by atoms with van der Waals surface area (Å²) in [6.45, 7) is 1.22. The van der Waals surface area contributed by atoms with Gasteiger partial charge in [-0.15, -0.1) is 0 Å². The van der Waals surface area contributed by atoms with Gasteiger partial charge in [0, 0.05) is 12.3 Å². The average Bonchev–Trinajstić information content (AvgIpc) is 2.55. The summed E-state index contributed by atoms with van der Waals surface area (Å²) in [6, 6.07) is 5.50. The minimum atomic E-state index is -0.211. The molecule has 0 spiro atoms. The smallest absolute Gasteiger partial charge is 0.213 e. The predicted octanol–water partition coefficient (Wildman–Crippen LogP) is 1.80. The molecule has 2 unspecified atom stereocenters. The van der Waals surface area contributed by atoms with Gasteiger partial charge < -0.3 is 20.1 Å². The lowest BCUT2D eigenvalue weighted by atomic mass is 10.2. The summed E-state index contributed by atoms with van der Waals surface area (Å²) < 4.78 is 11.2. The van der Waals surface area contributed by atoms with E-state index in [9.17, 15) is 0 Å². The molecule has 3 heterocycles. The van der Waals surface area contributed by atoms with Crippen LogP contribution < -0.4 is 15.4 Å². The Morgan fingerprint density at radius 2 is 2.23 bits per heavy atom. The molecule has 1 fully saturated rings. The molecule has 2 atom stereocenters. The molecule has 1 aliphatic heterocycles. The van der Waals surface area contributed by atoms with E-state index in [0.717, 1.165) is 5.69 Å². The Balaban J connectivity index is 1.81. The number of ether oxygens (including phenoxy) is 2. The molecule has 116 valence electrons. The number of hydrogen-bond donors (Lipinski definition) is 1. The Labute approximate surface area is 142 Å². The molecule has 0 bridgehead atoms. The van der Waals surface area contributed by atoms with Crippen LogP contribution in [0.4, 0.5) is 11.5 Å². The zero-order valence-electron chi connectivity index (χ0n) is 12.0. The predicted molar refractivity (Wildman–Crippen MR) is 91.1 cm³/mol. The molecule has 8 heteroatoms. The van der Waals surface area contributed by atoms with Crippen LogP contribution in [0.5, 0.6) is 5.88 Å². The number of rotatable bonds is 3. The Kier molecular flexibility index (Phi) is 4.57. The van der Waals surface area contributed by atoms with Gasteiger partial charge in [-0.05, 0) is 12.1 Å². The molecular weight excluding hydrogens is 397 g/mol. The van der Waals surface area contributed by atoms with E-state index in [1.54, 1.807) is 25.6 Å². The Hall–Kier alpha value is -1.68. The number of pyridine rings is 1. The lowest BCUT2D eigenvalue weighted by molar-refractivity contribution is 0.0308. The average molecular weight is 413 g/mol. The number of anilines is 2. The number of hydrogen-bond acceptors (Lipinski definition) is 7. The van der Waals surface area contributed by atoms with Gasteiger partial charge >= 0.3 is 0 Å². The second kappa shape index (κ2) is 6.61. The molecule has 2 aromatic heterocycles. The standard InChI is InChI=1S/C14H16IN5O2/c1-21-13-3-2-9(6-18-13)20-7-10(22-8-11(20)15)14-17-5-4-12(16)19-14/h2-6,10-11H,7-8H2,1H3,(H2,16,17,19). The second-order valence-corrected chi connectivity index (χ2v) is 6.25. The van der Waals surface area contributed by atoms with Crippen LogP contribution in [0.3, 0.4) is 0 Å². The van der Waals surface area contributed by atoms with Gasteiger partial charge in [0.05, 0.1) is 32.1 Å². The van der Waals surface area contributed by atoms with Gasteiger partial charge in [-0.3, -0.25) is 0 Å². The van der Waals surface area contributed by atoms with Crippen LogP contribution >= 0.6 is 22.6 Å². The van der Waals surface area contributed by atoms with E-state index in [-0.39, 0.29) is 10.2 Å². The summed E-state index contributed by atoms with van der Waals surface area (Å²) in [5.41, 5.74) is 6.74. The van der Waals surface area contributed by atoms with Crippen molar-refractivity contribution in [2.24, 2.45) is 0 Å². The van der Waals surface area contributed by atoms with Gasteiger partial charge in [-0.25, -0.2) is 15.0 Å². The van der Waals surface area contributed by atoms with Crippen LogP contribution in [-0.4, -0.2) is 39.3 Å². The molecule has 3 rings (SSSR count). The Morgan fingerprint density at radius 1 is 1.36 bits per heavy atom. The molecule has 2 aromatic rings. The van der Waals surface area contributed by atoms with E-state index in [1.165, 1.54) is 0 Å². The van der Waals surface area contributed by atoms with Crippen molar-refractivity contribution in [3.63, 3.8) is 0 Å². The summed E-state index contributed by atoms with van der Waals surface area (Å²) in [7, 11) is 1.60. The van der Waals surface area contributed by atoms with Gasteiger partial charge in [0.1, 0.15) is 16.0 Å². The van der Waals surface area contributed by atoms with Crippen LogP contribution in [0.15, 0.2) is 30.6 Å². The SMILES string of the molecule is COc1ccc(N2CC(c3nccc(N)n3)OCC2I)cn1. The molecule has 0 aliphatic carbocycles. The fourth-order valence-electron chi connectivity index (χ4n) is 2.26. The van der Waals surface area contributed by atoms with E-state index in [1.807, 2.05) is 12.1 Å². The highest BCUT2D eigenvalue weighted by molar-refractivity contribution is 14.1. The fourth-order valence-corrected chi connectivity index (χ4v) is 3.02. The summed E-state index contributed by atoms with van der Waals surface area (Å²) in [6.07, 6.45) is 3.24. The molecule has 2 N–H and O–H groups in total. The number of morpholine rings is 1. The van der Waals surface area contributed by atoms with Gasteiger partial charge in [0.2, 0.25) is 5.88 Å². The molecule has 7 nitrogen and oxygen atoms in total. The number of aromatic nitrogens is 3. The van der Waals surface area contributed by atoms with Gasteiger partial charge in [0.15, 0.2) is 5.82 Å². The fraction of sp³-hybridized carbons (Fsp3) is 0.357. The number of nitrogen functional groups attached to an aromatic ring is 1. The monoisotopic (exact) mass is 413 g/mol. The third kappa shape index (κ3) is 3.22. The van der Waals surface area contributed by atoms with Gasteiger partial charge in [-0.2, -0.15) is 0 Å². The van der Waals surface area contributed by atoms with Crippen molar-refractivity contribution in [3.8, 4) is 5.88 Å². The molecule has 0 radical (unpaired) electrons. The highest BCUT2D eigenvalue weighted by atomic mass is 127. The van der Waals surface area contributed by atoms with E-state index in [2.05, 4.69) is 42.4 Å². The van der Waals surface area contributed by atoms with E-state index in [0.29, 0.717) is 30.7 Å². The van der Waals surface area contributed by atoms with Crippen LogP contribution in [0, 0.1) is 0 Å². The highest BCUT2D eigenvalue weighted by Gasteiger charge is 2.30. The van der Waals surface area contributed by atoms with Crippen molar-refractivity contribution in [2.45, 2.75) is 10.2 Å². The zero-order chi connectivity index (χ0) is 15.5. The van der Waals surface area contributed by atoms with Crippen LogP contribution in [-0.2, 0) is 4.74 Å². The van der Waals surface area contributed by atoms with E-state index < -0.39 is 0 Å². The van der Waals surface area contributed by atoms with E-state index in [4.69, 9.17) is 15.2 Å². The zero-order valence-corrected chi connectivity index (χ0v) is 14.2. The van der Waals surface area contributed by atoms with Crippen molar-refractivity contribution in [2.75, 3.05) is 30.9 Å². The number of nitrogens with two attached hydrogens (primary N) is 1. The number of methoxy groups -OCH3 is 1. The summed E-state index contributed by atoms with van der Waals surface area (Å²) in [4.78, 5) is 15.0. The minimum absolute atomic E-state index is 0.211. The highest BCUT2D eigenvalue weighted by Crippen LogP contribution is 2.30. The maximum absolute atomic E-state index is 5.85. The number of halogens is 1. The topological polar surface area (TPSA) is 86.4 Å². The summed E-state index contributed by atoms with van der Waals surface area (Å²) in [5, 5.41) is 0. The molecule has 1 saturated heterocycles. The normalized spacial score (nSPS) is 21.6. The largest absolute Gasteiger partial charge is 0.481 e. The Morgan fingerprint density at radius 3 is 2.91 bits per heavy atom. The lowest BCUT2D eigenvalue weighted by Gasteiger charge is -2.37. The molecule has 1 aliphatic rings. The third-order valence-corrected chi connectivity index (χ3v) is 4.41. The summed E-state index contributed by atoms with van der Waals surface area (Å²) >= 11 is 2.35. The first-order chi connectivity index (χ1) is 10.7. The first-order valence-corrected chi connectivity index (χ1v) is 8.02. The third-order valence-electron chi connectivity index (χ3n) is 3.38. The number of alkyl halides is 1. The molecular formula is C14H16IN5O2. The lowest BCUT2D eigenvalue weighted by Crippen LogP contribution is -2.44. The molecule has 0 amide bonds.